The van der Waals surface area contributed by atoms with E-state index in [1.54, 1.807) is 12.2 Å². The van der Waals surface area contributed by atoms with Crippen molar-refractivity contribution in [2.75, 3.05) is 0 Å². The average Bonchev–Trinajstić information content (AvgIpc) is 2.52. The predicted octanol–water partition coefficient (Wildman–Crippen LogP) is 2.94. The van der Waals surface area contributed by atoms with Gasteiger partial charge in [-0.05, 0) is 45.4 Å². The molecule has 0 aromatic carbocycles. The minimum Gasteiger partial charge on any atom is -0.289 e. The summed E-state index contributed by atoms with van der Waals surface area (Å²) in [6, 6.07) is -1.08. The van der Waals surface area contributed by atoms with Crippen LogP contribution in [0, 0.1) is 16.0 Å². The SMILES string of the molecule is C/C=C/C1CCC2=C(C(=O)C3=C(CCCC3)C2=O)C1[N+](=O)[O-]. The quantitative estimate of drug-likeness (QED) is 0.340. The standard InChI is InChI=1S/C17H19NO4/c1-2-5-10-8-9-13-14(15(10)18(21)22)17(20)12-7-4-3-6-11(12)16(13)19/h2,5,10,15H,3-4,6-9H2,1H3/b5-2+. The van der Waals surface area contributed by atoms with E-state index in [0.29, 0.717) is 42.4 Å². The number of hydrogen-bond acceptors (Lipinski definition) is 4. The third kappa shape index (κ3) is 2.16. The van der Waals surface area contributed by atoms with E-state index >= 15 is 0 Å². The molecule has 2 atom stereocenters. The van der Waals surface area contributed by atoms with E-state index in [9.17, 15) is 19.7 Å². The molecule has 116 valence electrons. The maximum atomic E-state index is 12.8. The largest absolute Gasteiger partial charge is 0.289 e. The van der Waals surface area contributed by atoms with Gasteiger partial charge in [0.25, 0.3) is 0 Å². The number of carbonyl (C=O) groups excluding carboxylic acids is 2. The van der Waals surface area contributed by atoms with Crippen LogP contribution in [0.2, 0.25) is 0 Å². The second-order valence-corrected chi connectivity index (χ2v) is 6.17. The Morgan fingerprint density at radius 2 is 1.68 bits per heavy atom. The fourth-order valence-electron chi connectivity index (χ4n) is 3.96. The fourth-order valence-corrected chi connectivity index (χ4v) is 3.96. The van der Waals surface area contributed by atoms with E-state index in [4.69, 9.17) is 0 Å². The van der Waals surface area contributed by atoms with Crippen LogP contribution < -0.4 is 0 Å². The van der Waals surface area contributed by atoms with Crippen LogP contribution in [0.5, 0.6) is 0 Å². The number of Topliss-reactive ketones (excluding diaryl/α,β-unsaturated/α-hetero) is 2. The number of carbonyl (C=O) groups is 2. The van der Waals surface area contributed by atoms with Gasteiger partial charge in [-0.25, -0.2) is 0 Å². The Kier molecular flexibility index (Phi) is 3.81. The maximum absolute atomic E-state index is 12.8. The molecule has 2 unspecified atom stereocenters. The summed E-state index contributed by atoms with van der Waals surface area (Å²) in [7, 11) is 0. The van der Waals surface area contributed by atoms with Crippen LogP contribution >= 0.6 is 0 Å². The molecule has 0 bridgehead atoms. The predicted molar refractivity (Wildman–Crippen MR) is 80.9 cm³/mol. The van der Waals surface area contributed by atoms with Gasteiger partial charge in [-0.3, -0.25) is 19.7 Å². The molecule has 22 heavy (non-hydrogen) atoms. The first-order valence-corrected chi connectivity index (χ1v) is 7.87. The third-order valence-electron chi connectivity index (χ3n) is 4.96. The highest BCUT2D eigenvalue weighted by Gasteiger charge is 2.47. The second kappa shape index (κ2) is 5.63. The lowest BCUT2D eigenvalue weighted by Crippen LogP contribution is -2.41. The summed E-state index contributed by atoms with van der Waals surface area (Å²) >= 11 is 0. The zero-order chi connectivity index (χ0) is 15.9. The van der Waals surface area contributed by atoms with Gasteiger partial charge in [0.05, 0.1) is 5.57 Å². The van der Waals surface area contributed by atoms with Crippen LogP contribution in [-0.2, 0) is 9.59 Å². The molecule has 3 rings (SSSR count). The van der Waals surface area contributed by atoms with Crippen molar-refractivity contribution in [2.45, 2.75) is 51.5 Å². The van der Waals surface area contributed by atoms with Crippen LogP contribution in [0.15, 0.2) is 34.4 Å². The first-order valence-electron chi connectivity index (χ1n) is 7.87. The van der Waals surface area contributed by atoms with Gasteiger partial charge in [-0.1, -0.05) is 12.2 Å². The third-order valence-corrected chi connectivity index (χ3v) is 4.96. The summed E-state index contributed by atoms with van der Waals surface area (Å²) in [6.07, 6.45) is 7.61. The van der Waals surface area contributed by atoms with E-state index in [0.717, 1.165) is 12.8 Å². The van der Waals surface area contributed by atoms with Crippen molar-refractivity contribution in [3.8, 4) is 0 Å². The molecule has 3 aliphatic rings. The van der Waals surface area contributed by atoms with E-state index in [-0.39, 0.29) is 23.1 Å². The number of nitrogens with zero attached hydrogens (tertiary/aromatic N) is 1. The van der Waals surface area contributed by atoms with Crippen molar-refractivity contribution < 1.29 is 14.5 Å². The average molecular weight is 301 g/mol. The summed E-state index contributed by atoms with van der Waals surface area (Å²) < 4.78 is 0. The summed E-state index contributed by atoms with van der Waals surface area (Å²) in [5.74, 6) is -0.642. The summed E-state index contributed by atoms with van der Waals surface area (Å²) in [6.45, 7) is 1.82. The fraction of sp³-hybridized carbons (Fsp3) is 0.529. The number of hydrogen-bond donors (Lipinski definition) is 0. The molecule has 0 radical (unpaired) electrons. The molecular formula is C17H19NO4. The molecule has 0 saturated carbocycles. The molecule has 3 aliphatic carbocycles. The minimum absolute atomic E-state index is 0.102. The molecule has 0 fully saturated rings. The lowest BCUT2D eigenvalue weighted by Gasteiger charge is -2.33. The zero-order valence-electron chi connectivity index (χ0n) is 12.6. The van der Waals surface area contributed by atoms with Crippen molar-refractivity contribution in [3.63, 3.8) is 0 Å². The molecule has 0 saturated heterocycles. The maximum Gasteiger partial charge on any atom is 0.248 e. The van der Waals surface area contributed by atoms with Crippen molar-refractivity contribution in [1.29, 1.82) is 0 Å². The van der Waals surface area contributed by atoms with Crippen molar-refractivity contribution in [3.05, 3.63) is 44.6 Å². The van der Waals surface area contributed by atoms with Crippen LogP contribution in [-0.4, -0.2) is 22.5 Å². The highest BCUT2D eigenvalue weighted by molar-refractivity contribution is 6.25. The number of rotatable bonds is 2. The molecule has 5 nitrogen and oxygen atoms in total. The Morgan fingerprint density at radius 3 is 2.27 bits per heavy atom. The van der Waals surface area contributed by atoms with Crippen LogP contribution in [0.4, 0.5) is 0 Å². The zero-order valence-corrected chi connectivity index (χ0v) is 12.6. The molecule has 0 N–H and O–H groups in total. The van der Waals surface area contributed by atoms with Crippen molar-refractivity contribution >= 4 is 11.6 Å². The van der Waals surface area contributed by atoms with Crippen LogP contribution in [0.1, 0.15) is 45.4 Å². The number of allylic oxidation sites excluding steroid dienone is 4. The molecule has 0 amide bonds. The van der Waals surface area contributed by atoms with E-state index in [1.165, 1.54) is 0 Å². The van der Waals surface area contributed by atoms with Crippen LogP contribution in [0.3, 0.4) is 0 Å². The number of nitro groups is 1. The summed E-state index contributed by atoms with van der Waals surface area (Å²) in [5, 5.41) is 11.6. The Bertz CT molecular complexity index is 654. The molecule has 0 aromatic heterocycles. The molecular weight excluding hydrogens is 282 g/mol. The molecule has 0 aliphatic heterocycles. The molecule has 5 heteroatoms. The second-order valence-electron chi connectivity index (χ2n) is 6.17. The molecule has 0 heterocycles. The minimum atomic E-state index is -1.08. The van der Waals surface area contributed by atoms with Gasteiger partial charge in [0.15, 0.2) is 11.6 Å². The monoisotopic (exact) mass is 301 g/mol. The van der Waals surface area contributed by atoms with Gasteiger partial charge in [-0.2, -0.15) is 0 Å². The van der Waals surface area contributed by atoms with E-state index < -0.39 is 11.0 Å². The lowest BCUT2D eigenvalue weighted by molar-refractivity contribution is -0.519. The highest BCUT2D eigenvalue weighted by Crippen LogP contribution is 2.42. The summed E-state index contributed by atoms with van der Waals surface area (Å²) in [5.41, 5.74) is 1.75. The molecule has 0 aromatic rings. The Morgan fingerprint density at radius 1 is 1.05 bits per heavy atom. The Labute approximate surface area is 128 Å². The topological polar surface area (TPSA) is 77.3 Å². The Balaban J connectivity index is 2.10. The Hall–Kier alpha value is -2.04. The van der Waals surface area contributed by atoms with Crippen LogP contribution in [0.25, 0.3) is 0 Å². The van der Waals surface area contributed by atoms with Gasteiger partial charge < -0.3 is 0 Å². The van der Waals surface area contributed by atoms with Gasteiger partial charge >= 0.3 is 0 Å². The first kappa shape index (κ1) is 14.9. The normalized spacial score (nSPS) is 29.0. The molecule has 0 spiro atoms. The lowest BCUT2D eigenvalue weighted by atomic mass is 9.69. The smallest absolute Gasteiger partial charge is 0.248 e. The van der Waals surface area contributed by atoms with Gasteiger partial charge in [0.1, 0.15) is 0 Å². The van der Waals surface area contributed by atoms with Crippen molar-refractivity contribution in [2.24, 2.45) is 5.92 Å². The van der Waals surface area contributed by atoms with Gasteiger partial charge in [0.2, 0.25) is 6.04 Å². The van der Waals surface area contributed by atoms with E-state index in [1.807, 2.05) is 6.92 Å². The van der Waals surface area contributed by atoms with Crippen molar-refractivity contribution in [1.82, 2.24) is 0 Å². The number of ketones is 2. The van der Waals surface area contributed by atoms with E-state index in [2.05, 4.69) is 0 Å². The van der Waals surface area contributed by atoms with Gasteiger partial charge in [0, 0.05) is 27.6 Å². The summed E-state index contributed by atoms with van der Waals surface area (Å²) in [4.78, 5) is 36.6. The first-order chi connectivity index (χ1) is 10.6. The highest BCUT2D eigenvalue weighted by atomic mass is 16.6. The van der Waals surface area contributed by atoms with Gasteiger partial charge in [-0.15, -0.1) is 0 Å².